The highest BCUT2D eigenvalue weighted by Crippen LogP contribution is 2.21. The van der Waals surface area contributed by atoms with Crippen LogP contribution in [0.15, 0.2) is 22.7 Å². The van der Waals surface area contributed by atoms with Gasteiger partial charge in [-0.3, -0.25) is 9.69 Å². The smallest absolute Gasteiger partial charge is 0.217 e. The van der Waals surface area contributed by atoms with Gasteiger partial charge < -0.3 is 5.32 Å². The zero-order valence-electron chi connectivity index (χ0n) is 11.0. The molecule has 0 aliphatic carbocycles. The van der Waals surface area contributed by atoms with E-state index in [0.29, 0.717) is 6.54 Å². The molecule has 1 aliphatic rings. The molecule has 1 heterocycles. The Morgan fingerprint density at radius 3 is 3.11 bits per heavy atom. The van der Waals surface area contributed by atoms with E-state index in [-0.39, 0.29) is 17.8 Å². The van der Waals surface area contributed by atoms with Gasteiger partial charge in [0.25, 0.3) is 0 Å². The van der Waals surface area contributed by atoms with E-state index in [9.17, 15) is 9.18 Å². The number of hydrogen-bond donors (Lipinski definition) is 1. The van der Waals surface area contributed by atoms with Crippen molar-refractivity contribution < 1.29 is 9.18 Å². The van der Waals surface area contributed by atoms with Crippen molar-refractivity contribution in [1.82, 2.24) is 10.2 Å². The van der Waals surface area contributed by atoms with Crippen LogP contribution in [0.5, 0.6) is 0 Å². The van der Waals surface area contributed by atoms with E-state index in [4.69, 9.17) is 0 Å². The summed E-state index contributed by atoms with van der Waals surface area (Å²) in [7, 11) is 0. The fourth-order valence-electron chi connectivity index (χ4n) is 2.51. The molecule has 0 spiro atoms. The Kier molecular flexibility index (Phi) is 4.93. The molecule has 1 N–H and O–H groups in total. The molecule has 1 aliphatic heterocycles. The predicted molar refractivity (Wildman–Crippen MR) is 76.2 cm³/mol. The fraction of sp³-hybridized carbons (Fsp3) is 0.500. The molecule has 0 bridgehead atoms. The minimum atomic E-state index is -0.214. The van der Waals surface area contributed by atoms with E-state index in [1.165, 1.54) is 6.07 Å². The van der Waals surface area contributed by atoms with Crippen molar-refractivity contribution in [1.29, 1.82) is 0 Å². The van der Waals surface area contributed by atoms with Crippen LogP contribution in [0.3, 0.4) is 0 Å². The predicted octanol–water partition coefficient (Wildman–Crippen LogP) is 2.69. The number of amides is 1. The highest BCUT2D eigenvalue weighted by atomic mass is 79.9. The Labute approximate surface area is 121 Å². The van der Waals surface area contributed by atoms with Crippen molar-refractivity contribution in [2.24, 2.45) is 0 Å². The zero-order valence-corrected chi connectivity index (χ0v) is 12.5. The summed E-state index contributed by atoms with van der Waals surface area (Å²) in [5.41, 5.74) is 0.948. The summed E-state index contributed by atoms with van der Waals surface area (Å²) in [5.74, 6) is -0.201. The van der Waals surface area contributed by atoms with Crippen LogP contribution in [0.25, 0.3) is 0 Å². The molecule has 1 atom stereocenters. The second-order valence-electron chi connectivity index (χ2n) is 5.01. The molecule has 5 heteroatoms. The van der Waals surface area contributed by atoms with Crippen LogP contribution in [0, 0.1) is 5.82 Å². The van der Waals surface area contributed by atoms with E-state index in [2.05, 4.69) is 26.1 Å². The Morgan fingerprint density at radius 2 is 2.37 bits per heavy atom. The van der Waals surface area contributed by atoms with Gasteiger partial charge in [-0.25, -0.2) is 4.39 Å². The number of hydrogen-bond acceptors (Lipinski definition) is 2. The molecular weight excluding hydrogens is 311 g/mol. The van der Waals surface area contributed by atoms with Gasteiger partial charge in [0.05, 0.1) is 0 Å². The maximum atomic E-state index is 13.3. The molecule has 104 valence electrons. The summed E-state index contributed by atoms with van der Waals surface area (Å²) >= 11 is 3.45. The van der Waals surface area contributed by atoms with E-state index >= 15 is 0 Å². The average Bonchev–Trinajstić information content (AvgIpc) is 2.33. The quantitative estimate of drug-likeness (QED) is 0.925. The molecule has 0 saturated carbocycles. The molecule has 2 rings (SSSR count). The van der Waals surface area contributed by atoms with Crippen molar-refractivity contribution in [3.8, 4) is 0 Å². The summed E-state index contributed by atoms with van der Waals surface area (Å²) in [6.45, 7) is 4.05. The van der Waals surface area contributed by atoms with E-state index in [1.807, 2.05) is 0 Å². The van der Waals surface area contributed by atoms with Gasteiger partial charge >= 0.3 is 0 Å². The van der Waals surface area contributed by atoms with Gasteiger partial charge in [0, 0.05) is 30.5 Å². The van der Waals surface area contributed by atoms with Crippen LogP contribution in [0.2, 0.25) is 0 Å². The number of nitrogens with one attached hydrogen (secondary N) is 1. The second kappa shape index (κ2) is 6.48. The number of piperidine rings is 1. The number of carbonyl (C=O) groups excluding carboxylic acids is 1. The van der Waals surface area contributed by atoms with Gasteiger partial charge in [0.1, 0.15) is 5.82 Å². The average molecular weight is 329 g/mol. The SMILES string of the molecule is CC(=O)N[C@@H]1CCCN(Cc2cc(F)ccc2Br)C1. The van der Waals surface area contributed by atoms with Gasteiger partial charge in [0.2, 0.25) is 5.91 Å². The summed E-state index contributed by atoms with van der Waals surface area (Å²) in [6.07, 6.45) is 2.07. The molecule has 19 heavy (non-hydrogen) atoms. The molecule has 1 aromatic carbocycles. The third kappa shape index (κ3) is 4.28. The molecule has 3 nitrogen and oxygen atoms in total. The lowest BCUT2D eigenvalue weighted by molar-refractivity contribution is -0.120. The van der Waals surface area contributed by atoms with E-state index in [1.54, 1.807) is 19.1 Å². The molecule has 1 amide bonds. The van der Waals surface area contributed by atoms with Gasteiger partial charge in [-0.05, 0) is 43.1 Å². The molecular formula is C14H18BrFN2O. The number of benzene rings is 1. The number of halogens is 2. The number of nitrogens with zero attached hydrogens (tertiary/aromatic N) is 1. The first-order valence-electron chi connectivity index (χ1n) is 6.48. The van der Waals surface area contributed by atoms with Crippen molar-refractivity contribution in [3.63, 3.8) is 0 Å². The molecule has 1 aromatic rings. The Balaban J connectivity index is 1.98. The Morgan fingerprint density at radius 1 is 1.58 bits per heavy atom. The first-order valence-corrected chi connectivity index (χ1v) is 7.27. The lowest BCUT2D eigenvalue weighted by Crippen LogP contribution is -2.46. The monoisotopic (exact) mass is 328 g/mol. The first-order chi connectivity index (χ1) is 9.04. The maximum Gasteiger partial charge on any atom is 0.217 e. The van der Waals surface area contributed by atoms with E-state index in [0.717, 1.165) is 36.0 Å². The van der Waals surface area contributed by atoms with Crippen LogP contribution in [-0.2, 0) is 11.3 Å². The molecule has 0 unspecified atom stereocenters. The molecule has 1 fully saturated rings. The number of likely N-dealkylation sites (tertiary alicyclic amines) is 1. The van der Waals surface area contributed by atoms with Crippen LogP contribution in [0.1, 0.15) is 25.3 Å². The Bertz CT molecular complexity index is 467. The maximum absolute atomic E-state index is 13.3. The highest BCUT2D eigenvalue weighted by molar-refractivity contribution is 9.10. The number of rotatable bonds is 3. The number of carbonyl (C=O) groups is 1. The van der Waals surface area contributed by atoms with Crippen LogP contribution < -0.4 is 5.32 Å². The highest BCUT2D eigenvalue weighted by Gasteiger charge is 2.21. The summed E-state index contributed by atoms with van der Waals surface area (Å²) in [6, 6.07) is 4.95. The van der Waals surface area contributed by atoms with Crippen LogP contribution in [0.4, 0.5) is 4.39 Å². The van der Waals surface area contributed by atoms with Crippen molar-refractivity contribution >= 4 is 21.8 Å². The second-order valence-corrected chi connectivity index (χ2v) is 5.86. The molecule has 0 aromatic heterocycles. The summed E-state index contributed by atoms with van der Waals surface area (Å²) < 4.78 is 14.2. The molecule has 0 radical (unpaired) electrons. The third-order valence-electron chi connectivity index (χ3n) is 3.31. The topological polar surface area (TPSA) is 32.3 Å². The first kappa shape index (κ1) is 14.5. The van der Waals surface area contributed by atoms with Crippen molar-refractivity contribution in [3.05, 3.63) is 34.1 Å². The lowest BCUT2D eigenvalue weighted by Gasteiger charge is -2.33. The molecule has 1 saturated heterocycles. The minimum absolute atomic E-state index is 0.0128. The van der Waals surface area contributed by atoms with Gasteiger partial charge in [0.15, 0.2) is 0 Å². The largest absolute Gasteiger partial charge is 0.352 e. The summed E-state index contributed by atoms with van der Waals surface area (Å²) in [5, 5.41) is 2.96. The summed E-state index contributed by atoms with van der Waals surface area (Å²) in [4.78, 5) is 13.3. The van der Waals surface area contributed by atoms with Gasteiger partial charge in [-0.2, -0.15) is 0 Å². The zero-order chi connectivity index (χ0) is 13.8. The standard InChI is InChI=1S/C14H18BrFN2O/c1-10(19)17-13-3-2-6-18(9-13)8-11-7-12(16)4-5-14(11)15/h4-5,7,13H,2-3,6,8-9H2,1H3,(H,17,19)/t13-/m1/s1. The lowest BCUT2D eigenvalue weighted by atomic mass is 10.0. The van der Waals surface area contributed by atoms with Gasteiger partial charge in [-0.15, -0.1) is 0 Å². The van der Waals surface area contributed by atoms with Crippen LogP contribution in [-0.4, -0.2) is 29.9 Å². The Hall–Kier alpha value is -0.940. The minimum Gasteiger partial charge on any atom is -0.352 e. The van der Waals surface area contributed by atoms with Crippen molar-refractivity contribution in [2.45, 2.75) is 32.4 Å². The third-order valence-corrected chi connectivity index (χ3v) is 4.09. The normalized spacial score (nSPS) is 20.3. The van der Waals surface area contributed by atoms with E-state index < -0.39 is 0 Å². The van der Waals surface area contributed by atoms with Gasteiger partial charge in [-0.1, -0.05) is 15.9 Å². The fourth-order valence-corrected chi connectivity index (χ4v) is 2.88. The van der Waals surface area contributed by atoms with Crippen molar-refractivity contribution in [2.75, 3.05) is 13.1 Å². The van der Waals surface area contributed by atoms with Crippen LogP contribution >= 0.6 is 15.9 Å².